The van der Waals surface area contributed by atoms with Gasteiger partial charge in [0.25, 0.3) is 0 Å². The normalized spacial score (nSPS) is 18.4. The van der Waals surface area contributed by atoms with Gasteiger partial charge in [-0.2, -0.15) is 0 Å². The molecule has 1 heterocycles. The molecule has 0 fully saturated rings. The summed E-state index contributed by atoms with van der Waals surface area (Å²) in [6, 6.07) is 0. The topological polar surface area (TPSA) is 6.48 Å². The summed E-state index contributed by atoms with van der Waals surface area (Å²) < 4.78 is 11.5. The van der Waals surface area contributed by atoms with Gasteiger partial charge in [-0.05, 0) is 0 Å². The maximum atomic E-state index is 3.57. The van der Waals surface area contributed by atoms with Crippen LogP contribution in [0.3, 0.4) is 0 Å². The Labute approximate surface area is 252 Å². The van der Waals surface area contributed by atoms with Gasteiger partial charge in [0.05, 0.1) is 0 Å². The molecular formula is C28H69BN2Si6Sn. The summed E-state index contributed by atoms with van der Waals surface area (Å²) in [5.74, 6) is 0. The second kappa shape index (κ2) is 11.9. The summed E-state index contributed by atoms with van der Waals surface area (Å²) in [6.45, 7) is 57.6. The molecule has 0 aromatic heterocycles. The molecule has 0 unspecified atom stereocenters. The first kappa shape index (κ1) is 37.6. The first-order valence-electron chi connectivity index (χ1n) is 15.7. The Morgan fingerprint density at radius 1 is 0.500 bits per heavy atom. The second-order valence-electron chi connectivity index (χ2n) is 18.0. The Morgan fingerprint density at radius 3 is 0.974 bits per heavy atom. The number of rotatable bonds is 12. The van der Waals surface area contributed by atoms with Crippen LogP contribution in [0.1, 0.15) is 27.2 Å². The summed E-state index contributed by atoms with van der Waals surface area (Å²) in [5, 5.41) is 0. The van der Waals surface area contributed by atoms with Crippen LogP contribution in [0.2, 0.25) is 130 Å². The predicted octanol–water partition coefficient (Wildman–Crippen LogP) is 10.3. The summed E-state index contributed by atoms with van der Waals surface area (Å²) >= 11 is -3.64. The van der Waals surface area contributed by atoms with Crippen molar-refractivity contribution in [3.8, 4) is 0 Å². The SMILES string of the molecule is CCB(CC)C1=[C]([Si](C)(C)C)[Sn]([N]([Si](C)(C)C)[Si](C)(C)C)([N]([Si](C)(C)C)[Si](C)(C)C)[C]([Si](C)(C)C)=C1CC. The molecule has 0 bridgehead atoms. The van der Waals surface area contributed by atoms with Crippen LogP contribution in [0.4, 0.5) is 0 Å². The van der Waals surface area contributed by atoms with E-state index in [1.54, 1.807) is 0 Å². The molecule has 0 saturated carbocycles. The summed E-state index contributed by atoms with van der Waals surface area (Å²) in [4.78, 5) is 0. The number of allylic oxidation sites excluding steroid dienone is 2. The van der Waals surface area contributed by atoms with Crippen LogP contribution in [-0.2, 0) is 0 Å². The van der Waals surface area contributed by atoms with E-state index in [0.29, 0.717) is 0 Å². The molecule has 10 heteroatoms. The molecule has 0 amide bonds. The molecule has 1 aliphatic rings. The molecule has 222 valence electrons. The van der Waals surface area contributed by atoms with Gasteiger partial charge in [0.2, 0.25) is 0 Å². The molecule has 0 radical (unpaired) electrons. The van der Waals surface area contributed by atoms with Gasteiger partial charge in [-0.25, -0.2) is 0 Å². The summed E-state index contributed by atoms with van der Waals surface area (Å²) in [5.41, 5.74) is 3.86. The van der Waals surface area contributed by atoms with E-state index in [0.717, 1.165) is 6.71 Å². The van der Waals surface area contributed by atoms with E-state index >= 15 is 0 Å². The van der Waals surface area contributed by atoms with Gasteiger partial charge in [0.1, 0.15) is 0 Å². The minimum absolute atomic E-state index is 0.729. The number of hydrogen-bond acceptors (Lipinski definition) is 2. The van der Waals surface area contributed by atoms with E-state index in [2.05, 4.69) is 150 Å². The van der Waals surface area contributed by atoms with Crippen molar-refractivity contribution < 1.29 is 0 Å². The maximum absolute atomic E-state index is 3.64. The Balaban J connectivity index is 5.03. The van der Waals surface area contributed by atoms with Crippen LogP contribution in [0.25, 0.3) is 0 Å². The third-order valence-electron chi connectivity index (χ3n) is 8.17. The van der Waals surface area contributed by atoms with Crippen molar-refractivity contribution in [1.29, 1.82) is 0 Å². The first-order chi connectivity index (χ1) is 16.6. The summed E-state index contributed by atoms with van der Waals surface area (Å²) in [7, 11) is -10.1. The molecule has 38 heavy (non-hydrogen) atoms. The van der Waals surface area contributed by atoms with Gasteiger partial charge >= 0.3 is 255 Å². The third kappa shape index (κ3) is 7.19. The third-order valence-corrected chi connectivity index (χ3v) is 83.6. The monoisotopic (exact) mass is 732 g/mol. The second-order valence-corrected chi connectivity index (χ2v) is 65.3. The van der Waals surface area contributed by atoms with E-state index in [9.17, 15) is 0 Å². The van der Waals surface area contributed by atoms with Crippen molar-refractivity contribution in [3.63, 3.8) is 0 Å². The molecule has 0 aromatic rings. The Hall–Kier alpha value is 1.56. The Bertz CT molecular complexity index is 858. The fraction of sp³-hybridized carbons (Fsp3) is 0.857. The predicted molar refractivity (Wildman–Crippen MR) is 201 cm³/mol. The van der Waals surface area contributed by atoms with Crippen molar-refractivity contribution in [2.75, 3.05) is 0 Å². The van der Waals surface area contributed by atoms with Crippen molar-refractivity contribution in [3.05, 3.63) is 17.5 Å². The molecular weight excluding hydrogens is 662 g/mol. The first-order valence-corrected chi connectivity index (χ1v) is 41.9. The van der Waals surface area contributed by atoms with E-state index < -0.39 is 68.0 Å². The average Bonchev–Trinajstić information content (AvgIpc) is 2.88. The van der Waals surface area contributed by atoms with Crippen LogP contribution in [0.5, 0.6) is 0 Å². The van der Waals surface area contributed by atoms with Crippen molar-refractivity contribution in [1.82, 2.24) is 4.91 Å². The quantitative estimate of drug-likeness (QED) is 0.185. The fourth-order valence-corrected chi connectivity index (χ4v) is 115. The zero-order valence-corrected chi connectivity index (χ0v) is 38.9. The molecule has 0 aromatic carbocycles. The molecule has 0 N–H and O–H groups in total. The fourth-order valence-electron chi connectivity index (χ4n) is 8.73. The van der Waals surface area contributed by atoms with Gasteiger partial charge in [-0.15, -0.1) is 0 Å². The van der Waals surface area contributed by atoms with Crippen LogP contribution >= 0.6 is 0 Å². The number of hydrogen-bond donors (Lipinski definition) is 0. The minimum atomic E-state index is -3.64. The van der Waals surface area contributed by atoms with Crippen molar-refractivity contribution in [2.24, 2.45) is 0 Å². The van der Waals surface area contributed by atoms with E-state index in [1.165, 1.54) is 19.1 Å². The molecule has 0 saturated heterocycles. The Kier molecular flexibility index (Phi) is 11.8. The van der Waals surface area contributed by atoms with Crippen molar-refractivity contribution in [2.45, 2.75) is 158 Å². The van der Waals surface area contributed by atoms with Gasteiger partial charge in [0, 0.05) is 0 Å². The van der Waals surface area contributed by atoms with Crippen LogP contribution in [0, 0.1) is 0 Å². The summed E-state index contributed by atoms with van der Waals surface area (Å²) in [6.07, 6.45) is 3.84. The Morgan fingerprint density at radius 2 is 0.789 bits per heavy atom. The van der Waals surface area contributed by atoms with Gasteiger partial charge in [-0.1, -0.05) is 0 Å². The van der Waals surface area contributed by atoms with E-state index in [-0.39, 0.29) is 0 Å². The molecule has 0 spiro atoms. The molecule has 0 atom stereocenters. The van der Waals surface area contributed by atoms with E-state index in [1.807, 2.05) is 11.0 Å². The average molecular weight is 732 g/mol. The van der Waals surface area contributed by atoms with Crippen LogP contribution in [0.15, 0.2) is 17.5 Å². The van der Waals surface area contributed by atoms with E-state index in [4.69, 9.17) is 0 Å². The van der Waals surface area contributed by atoms with Crippen LogP contribution in [-0.4, -0.2) is 79.6 Å². The van der Waals surface area contributed by atoms with Crippen molar-refractivity contribution >= 4 is 74.7 Å². The zero-order valence-electron chi connectivity index (χ0n) is 30.1. The van der Waals surface area contributed by atoms with Crippen LogP contribution < -0.4 is 0 Å². The van der Waals surface area contributed by atoms with Gasteiger partial charge in [0.15, 0.2) is 0 Å². The molecule has 0 aliphatic carbocycles. The van der Waals surface area contributed by atoms with Gasteiger partial charge < -0.3 is 0 Å². The zero-order chi connectivity index (χ0) is 30.7. The molecule has 1 rings (SSSR count). The molecule has 2 nitrogen and oxygen atoms in total. The number of nitrogens with zero attached hydrogens (tertiary/aromatic N) is 2. The van der Waals surface area contributed by atoms with Gasteiger partial charge in [-0.3, -0.25) is 0 Å². The standard InChI is InChI=1S/C16H33BSi2.2C6H18NSi2.Sn/c1-10-15(13-18(4,5)6)16(14-19(7,8)9)17(11-2)12-3;2*1-8(2,3)7-9(4,5)6;/h10-12H2,1-9H3;2*1-6H3;/q;2*-1;+2. The molecule has 1 aliphatic heterocycles.